The van der Waals surface area contributed by atoms with Gasteiger partial charge in [0.15, 0.2) is 11.5 Å². The minimum absolute atomic E-state index is 0.0278. The van der Waals surface area contributed by atoms with Crippen molar-refractivity contribution in [2.24, 2.45) is 0 Å². The van der Waals surface area contributed by atoms with Crippen LogP contribution in [0.25, 0.3) is 11.2 Å². The lowest BCUT2D eigenvalue weighted by Crippen LogP contribution is -2.15. The van der Waals surface area contributed by atoms with Gasteiger partial charge in [-0.2, -0.15) is 0 Å². The van der Waals surface area contributed by atoms with E-state index in [1.54, 1.807) is 6.33 Å². The molecule has 3 N–H and O–H groups in total. The Labute approximate surface area is 109 Å². The van der Waals surface area contributed by atoms with Gasteiger partial charge in [-0.3, -0.25) is 0 Å². The van der Waals surface area contributed by atoms with E-state index in [0.717, 1.165) is 5.56 Å². The van der Waals surface area contributed by atoms with E-state index in [1.807, 2.05) is 30.3 Å². The third-order valence-electron chi connectivity index (χ3n) is 2.91. The first-order valence-electron chi connectivity index (χ1n) is 5.95. The number of H-pyrrole nitrogens is 1. The molecule has 6 nitrogen and oxygen atoms in total. The molecule has 0 radical (unpaired) electrons. The second-order valence-electron chi connectivity index (χ2n) is 4.11. The largest absolute Gasteiger partial charge is 0.394 e. The lowest BCUT2D eigenvalue weighted by Gasteiger charge is -2.17. The molecule has 0 saturated carbocycles. The highest BCUT2D eigenvalue weighted by atomic mass is 16.3. The molecule has 3 rings (SSSR count). The van der Waals surface area contributed by atoms with E-state index in [-0.39, 0.29) is 12.6 Å². The fourth-order valence-corrected chi connectivity index (χ4v) is 1.96. The van der Waals surface area contributed by atoms with Crippen LogP contribution < -0.4 is 5.32 Å². The van der Waals surface area contributed by atoms with Crippen LogP contribution in [0.5, 0.6) is 0 Å². The van der Waals surface area contributed by atoms with Gasteiger partial charge < -0.3 is 15.4 Å². The van der Waals surface area contributed by atoms with Crippen molar-refractivity contribution in [3.05, 3.63) is 48.5 Å². The maximum Gasteiger partial charge on any atom is 0.162 e. The first-order chi connectivity index (χ1) is 9.38. The van der Waals surface area contributed by atoms with Gasteiger partial charge in [-0.15, -0.1) is 0 Å². The summed E-state index contributed by atoms with van der Waals surface area (Å²) in [6, 6.07) is 9.49. The number of aromatic nitrogens is 4. The molecule has 0 unspecified atom stereocenters. The highest BCUT2D eigenvalue weighted by Gasteiger charge is 2.13. The van der Waals surface area contributed by atoms with Crippen molar-refractivity contribution in [3.8, 4) is 0 Å². The molecular formula is C13H13N5O. The lowest BCUT2D eigenvalue weighted by molar-refractivity contribution is 0.276. The SMILES string of the molecule is OC[C@@H](Nc1ncnc2[nH]cnc12)c1ccccc1. The second-order valence-corrected chi connectivity index (χ2v) is 4.11. The predicted molar refractivity (Wildman–Crippen MR) is 71.6 cm³/mol. The summed E-state index contributed by atoms with van der Waals surface area (Å²) in [4.78, 5) is 15.4. The molecule has 0 bridgehead atoms. The summed E-state index contributed by atoms with van der Waals surface area (Å²) in [5, 5.41) is 12.7. The van der Waals surface area contributed by atoms with Crippen LogP contribution in [0, 0.1) is 0 Å². The number of nitrogens with one attached hydrogen (secondary N) is 2. The van der Waals surface area contributed by atoms with Crippen LogP contribution in [0.3, 0.4) is 0 Å². The predicted octanol–water partition coefficient (Wildman–Crippen LogP) is 1.50. The molecule has 0 aliphatic carbocycles. The quantitative estimate of drug-likeness (QED) is 0.657. The monoisotopic (exact) mass is 255 g/mol. The van der Waals surface area contributed by atoms with Gasteiger partial charge in [0.25, 0.3) is 0 Å². The van der Waals surface area contributed by atoms with Crippen molar-refractivity contribution in [1.29, 1.82) is 0 Å². The van der Waals surface area contributed by atoms with Crippen LogP contribution in [0.2, 0.25) is 0 Å². The van der Waals surface area contributed by atoms with Crippen LogP contribution in [0.4, 0.5) is 5.82 Å². The summed E-state index contributed by atoms with van der Waals surface area (Å²) in [7, 11) is 0. The number of aliphatic hydroxyl groups is 1. The van der Waals surface area contributed by atoms with Crippen LogP contribution in [0.15, 0.2) is 43.0 Å². The zero-order chi connectivity index (χ0) is 13.1. The number of anilines is 1. The van der Waals surface area contributed by atoms with Crippen molar-refractivity contribution in [1.82, 2.24) is 19.9 Å². The van der Waals surface area contributed by atoms with Gasteiger partial charge in [-0.1, -0.05) is 30.3 Å². The topological polar surface area (TPSA) is 86.7 Å². The Morgan fingerprint density at radius 1 is 1.16 bits per heavy atom. The Balaban J connectivity index is 1.93. The maximum atomic E-state index is 9.53. The zero-order valence-corrected chi connectivity index (χ0v) is 10.1. The molecule has 0 spiro atoms. The van der Waals surface area contributed by atoms with Crippen LogP contribution in [-0.4, -0.2) is 31.6 Å². The number of fused-ring (bicyclic) bond motifs is 1. The highest BCUT2D eigenvalue weighted by Crippen LogP contribution is 2.21. The van der Waals surface area contributed by atoms with Crippen molar-refractivity contribution in [2.75, 3.05) is 11.9 Å². The van der Waals surface area contributed by atoms with Gasteiger partial charge in [0.1, 0.15) is 11.8 Å². The van der Waals surface area contributed by atoms with Crippen LogP contribution in [-0.2, 0) is 0 Å². The number of hydrogen-bond donors (Lipinski definition) is 3. The lowest BCUT2D eigenvalue weighted by atomic mass is 10.1. The molecule has 0 saturated heterocycles. The van der Waals surface area contributed by atoms with Crippen molar-refractivity contribution in [3.63, 3.8) is 0 Å². The third-order valence-corrected chi connectivity index (χ3v) is 2.91. The van der Waals surface area contributed by atoms with Gasteiger partial charge in [-0.05, 0) is 5.56 Å². The van der Waals surface area contributed by atoms with Gasteiger partial charge >= 0.3 is 0 Å². The number of aromatic amines is 1. The Morgan fingerprint density at radius 3 is 2.79 bits per heavy atom. The minimum atomic E-state index is -0.226. The molecule has 0 aliphatic heterocycles. The summed E-state index contributed by atoms with van der Waals surface area (Å²) < 4.78 is 0. The van der Waals surface area contributed by atoms with Crippen molar-refractivity contribution < 1.29 is 5.11 Å². The highest BCUT2D eigenvalue weighted by molar-refractivity contribution is 5.82. The van der Waals surface area contributed by atoms with E-state index in [1.165, 1.54) is 6.33 Å². The summed E-state index contributed by atoms with van der Waals surface area (Å²) in [6.45, 7) is -0.0278. The fourth-order valence-electron chi connectivity index (χ4n) is 1.96. The van der Waals surface area contributed by atoms with E-state index in [4.69, 9.17) is 0 Å². The molecule has 0 aliphatic rings. The smallest absolute Gasteiger partial charge is 0.162 e. The van der Waals surface area contributed by atoms with E-state index in [2.05, 4.69) is 25.3 Å². The number of imidazole rings is 1. The number of benzene rings is 1. The summed E-state index contributed by atoms with van der Waals surface area (Å²) in [6.07, 6.45) is 3.03. The molecule has 0 fully saturated rings. The molecule has 6 heteroatoms. The normalized spacial score (nSPS) is 12.5. The molecule has 1 aromatic carbocycles. The third kappa shape index (κ3) is 2.25. The van der Waals surface area contributed by atoms with Crippen molar-refractivity contribution in [2.45, 2.75) is 6.04 Å². The van der Waals surface area contributed by atoms with Crippen LogP contribution in [0.1, 0.15) is 11.6 Å². The molecule has 3 aromatic rings. The molecule has 96 valence electrons. The first-order valence-corrected chi connectivity index (χ1v) is 5.95. The summed E-state index contributed by atoms with van der Waals surface area (Å²) >= 11 is 0. The molecule has 2 aromatic heterocycles. The van der Waals surface area contributed by atoms with Crippen LogP contribution >= 0.6 is 0 Å². The number of rotatable bonds is 4. The molecule has 2 heterocycles. The van der Waals surface area contributed by atoms with E-state index >= 15 is 0 Å². The summed E-state index contributed by atoms with van der Waals surface area (Å²) in [5.41, 5.74) is 2.33. The average Bonchev–Trinajstić information content (AvgIpc) is 2.95. The zero-order valence-electron chi connectivity index (χ0n) is 10.1. The minimum Gasteiger partial charge on any atom is -0.394 e. The number of hydrogen-bond acceptors (Lipinski definition) is 5. The summed E-state index contributed by atoms with van der Waals surface area (Å²) in [5.74, 6) is 0.606. The molecule has 0 amide bonds. The second kappa shape index (κ2) is 5.03. The molecular weight excluding hydrogens is 242 g/mol. The first kappa shape index (κ1) is 11.6. The Bertz CT molecular complexity index is 667. The van der Waals surface area contributed by atoms with Gasteiger partial charge in [0, 0.05) is 0 Å². The Morgan fingerprint density at radius 2 is 2.00 bits per heavy atom. The van der Waals surface area contributed by atoms with E-state index < -0.39 is 0 Å². The average molecular weight is 255 g/mol. The van der Waals surface area contributed by atoms with Crippen molar-refractivity contribution >= 4 is 17.0 Å². The van der Waals surface area contributed by atoms with E-state index in [9.17, 15) is 5.11 Å². The van der Waals surface area contributed by atoms with E-state index in [0.29, 0.717) is 17.0 Å². The van der Waals surface area contributed by atoms with Gasteiger partial charge in [0.2, 0.25) is 0 Å². The Kier molecular flexibility index (Phi) is 3.07. The van der Waals surface area contributed by atoms with Gasteiger partial charge in [-0.25, -0.2) is 15.0 Å². The Hall–Kier alpha value is -2.47. The van der Waals surface area contributed by atoms with Gasteiger partial charge in [0.05, 0.1) is 19.0 Å². The number of aliphatic hydroxyl groups excluding tert-OH is 1. The molecule has 19 heavy (non-hydrogen) atoms. The maximum absolute atomic E-state index is 9.53. The fraction of sp³-hybridized carbons (Fsp3) is 0.154. The molecule has 1 atom stereocenters. The standard InChI is InChI=1S/C13H13N5O/c19-6-10(9-4-2-1-3-5-9)18-13-11-12(15-7-14-11)16-8-17-13/h1-5,7-8,10,19H,6H2,(H2,14,15,16,17,18)/t10-/m1/s1. The number of nitrogens with zero attached hydrogens (tertiary/aromatic N) is 3.